The number of carbonyl (C=O) groups is 1. The Hall–Kier alpha value is -2.30. The molecule has 0 aliphatic rings. The normalized spacial score (nSPS) is 10.3. The molecular formula is C14H17N3O2. The molecule has 0 bridgehead atoms. The number of nitrogens with zero attached hydrogens (tertiary/aromatic N) is 1. The summed E-state index contributed by atoms with van der Waals surface area (Å²) in [6, 6.07) is 5.39. The van der Waals surface area contributed by atoms with Gasteiger partial charge in [0, 0.05) is 11.8 Å². The molecule has 2 rings (SSSR count). The minimum Gasteiger partial charge on any atom is -0.360 e. The first-order valence-corrected chi connectivity index (χ1v) is 6.05. The molecule has 19 heavy (non-hydrogen) atoms. The molecule has 0 saturated heterocycles. The van der Waals surface area contributed by atoms with Gasteiger partial charge in [0.15, 0.2) is 5.82 Å². The Kier molecular flexibility index (Phi) is 3.55. The molecule has 0 spiro atoms. The van der Waals surface area contributed by atoms with Gasteiger partial charge in [0.1, 0.15) is 5.76 Å². The Morgan fingerprint density at radius 2 is 1.68 bits per heavy atom. The van der Waals surface area contributed by atoms with Crippen LogP contribution in [0, 0.1) is 27.7 Å². The lowest BCUT2D eigenvalue weighted by Crippen LogP contribution is -2.20. The molecule has 1 aromatic heterocycles. The number of benzene rings is 1. The molecule has 0 radical (unpaired) electrons. The van der Waals surface area contributed by atoms with Gasteiger partial charge < -0.3 is 9.84 Å². The van der Waals surface area contributed by atoms with E-state index in [4.69, 9.17) is 4.52 Å². The van der Waals surface area contributed by atoms with E-state index in [0.29, 0.717) is 11.6 Å². The number of hydrogen-bond acceptors (Lipinski definition) is 3. The van der Waals surface area contributed by atoms with Crippen LogP contribution in [0.3, 0.4) is 0 Å². The molecule has 2 amide bonds. The van der Waals surface area contributed by atoms with Crippen LogP contribution in [-0.4, -0.2) is 11.2 Å². The van der Waals surface area contributed by atoms with E-state index in [1.54, 1.807) is 13.0 Å². The lowest BCUT2D eigenvalue weighted by atomic mass is 10.1. The molecule has 0 atom stereocenters. The summed E-state index contributed by atoms with van der Waals surface area (Å²) < 4.78 is 4.89. The molecule has 0 aliphatic carbocycles. The van der Waals surface area contributed by atoms with Crippen molar-refractivity contribution in [1.82, 2.24) is 5.16 Å². The van der Waals surface area contributed by atoms with E-state index in [1.807, 2.05) is 32.9 Å². The molecule has 0 saturated carbocycles. The molecule has 2 N–H and O–H groups in total. The zero-order valence-electron chi connectivity index (χ0n) is 11.5. The first kappa shape index (κ1) is 13.1. The highest BCUT2D eigenvalue weighted by Crippen LogP contribution is 2.22. The van der Waals surface area contributed by atoms with E-state index in [9.17, 15) is 4.79 Å². The van der Waals surface area contributed by atoms with Gasteiger partial charge in [0.05, 0.1) is 0 Å². The molecule has 5 nitrogen and oxygen atoms in total. The maximum absolute atomic E-state index is 11.9. The molecule has 1 aromatic carbocycles. The molecule has 0 aliphatic heterocycles. The van der Waals surface area contributed by atoms with Crippen molar-refractivity contribution in [2.45, 2.75) is 27.7 Å². The van der Waals surface area contributed by atoms with Crippen LogP contribution in [0.4, 0.5) is 16.3 Å². The van der Waals surface area contributed by atoms with Gasteiger partial charge in [-0.15, -0.1) is 0 Å². The van der Waals surface area contributed by atoms with Gasteiger partial charge in [-0.1, -0.05) is 22.9 Å². The number of amides is 2. The molecule has 1 heterocycles. The first-order valence-electron chi connectivity index (χ1n) is 6.05. The lowest BCUT2D eigenvalue weighted by molar-refractivity contribution is 0.262. The van der Waals surface area contributed by atoms with Gasteiger partial charge in [-0.3, -0.25) is 5.32 Å². The molecule has 100 valence electrons. The Bertz CT molecular complexity index is 594. The Labute approximate surface area is 112 Å². The summed E-state index contributed by atoms with van der Waals surface area (Å²) in [6.07, 6.45) is 0. The number of nitrogens with one attached hydrogen (secondary N) is 2. The molecule has 5 heteroatoms. The van der Waals surface area contributed by atoms with Gasteiger partial charge in [-0.2, -0.15) is 0 Å². The first-order chi connectivity index (χ1) is 8.95. The van der Waals surface area contributed by atoms with E-state index >= 15 is 0 Å². The number of aromatic nitrogens is 1. The standard InChI is InChI=1S/C14H17N3O2/c1-8-5-9(2)13(10(3)6-8)16-14(18)15-12-7-11(4)19-17-12/h5-7H,1-4H3,(H2,15,16,17,18). The highest BCUT2D eigenvalue weighted by atomic mass is 16.5. The zero-order valence-corrected chi connectivity index (χ0v) is 11.5. The number of rotatable bonds is 2. The Balaban J connectivity index is 2.11. The minimum atomic E-state index is -0.330. The summed E-state index contributed by atoms with van der Waals surface area (Å²) in [7, 11) is 0. The maximum atomic E-state index is 11.9. The SMILES string of the molecule is Cc1cc(C)c(NC(=O)Nc2cc(C)on2)c(C)c1. The van der Waals surface area contributed by atoms with Crippen molar-refractivity contribution in [1.29, 1.82) is 0 Å². The smallest absolute Gasteiger partial charge is 0.324 e. The third-order valence-corrected chi connectivity index (χ3v) is 2.79. The van der Waals surface area contributed by atoms with Crippen LogP contribution in [-0.2, 0) is 0 Å². The van der Waals surface area contributed by atoms with Crippen LogP contribution >= 0.6 is 0 Å². The van der Waals surface area contributed by atoms with E-state index in [0.717, 1.165) is 16.8 Å². The zero-order chi connectivity index (χ0) is 14.0. The van der Waals surface area contributed by atoms with E-state index in [2.05, 4.69) is 15.8 Å². The Morgan fingerprint density at radius 1 is 1.05 bits per heavy atom. The molecule has 2 aromatic rings. The molecule has 0 fully saturated rings. The van der Waals surface area contributed by atoms with E-state index in [1.165, 1.54) is 5.56 Å². The fourth-order valence-electron chi connectivity index (χ4n) is 2.06. The monoisotopic (exact) mass is 259 g/mol. The quantitative estimate of drug-likeness (QED) is 0.866. The van der Waals surface area contributed by atoms with Crippen molar-refractivity contribution in [3.8, 4) is 0 Å². The number of anilines is 2. The summed E-state index contributed by atoms with van der Waals surface area (Å²) in [6.45, 7) is 7.73. The second-order valence-corrected chi connectivity index (χ2v) is 4.68. The second-order valence-electron chi connectivity index (χ2n) is 4.68. The van der Waals surface area contributed by atoms with Crippen molar-refractivity contribution < 1.29 is 9.32 Å². The van der Waals surface area contributed by atoms with E-state index in [-0.39, 0.29) is 6.03 Å². The average Bonchev–Trinajstić information content (AvgIpc) is 2.69. The third-order valence-electron chi connectivity index (χ3n) is 2.79. The number of carbonyl (C=O) groups excluding carboxylic acids is 1. The summed E-state index contributed by atoms with van der Waals surface area (Å²) in [5, 5.41) is 9.17. The minimum absolute atomic E-state index is 0.330. The fraction of sp³-hybridized carbons (Fsp3) is 0.286. The summed E-state index contributed by atoms with van der Waals surface area (Å²) in [5.41, 5.74) is 4.06. The predicted molar refractivity (Wildman–Crippen MR) is 74.5 cm³/mol. The third kappa shape index (κ3) is 3.13. The Morgan fingerprint density at radius 3 is 2.21 bits per heavy atom. The lowest BCUT2D eigenvalue weighted by Gasteiger charge is -2.12. The predicted octanol–water partition coefficient (Wildman–Crippen LogP) is 3.55. The van der Waals surface area contributed by atoms with Gasteiger partial charge in [0.2, 0.25) is 0 Å². The van der Waals surface area contributed by atoms with Crippen LogP contribution in [0.2, 0.25) is 0 Å². The van der Waals surface area contributed by atoms with Crippen molar-refractivity contribution in [3.63, 3.8) is 0 Å². The van der Waals surface area contributed by atoms with E-state index < -0.39 is 0 Å². The molecular weight excluding hydrogens is 242 g/mol. The van der Waals surface area contributed by atoms with Crippen molar-refractivity contribution in [2.75, 3.05) is 10.6 Å². The largest absolute Gasteiger partial charge is 0.360 e. The average molecular weight is 259 g/mol. The summed E-state index contributed by atoms with van der Waals surface area (Å²) in [5.74, 6) is 1.05. The summed E-state index contributed by atoms with van der Waals surface area (Å²) in [4.78, 5) is 11.9. The second kappa shape index (κ2) is 5.14. The van der Waals surface area contributed by atoms with Crippen LogP contribution in [0.1, 0.15) is 22.5 Å². The number of hydrogen-bond donors (Lipinski definition) is 2. The highest BCUT2D eigenvalue weighted by molar-refractivity contribution is 6.00. The van der Waals surface area contributed by atoms with Crippen molar-refractivity contribution in [3.05, 3.63) is 40.6 Å². The molecule has 0 unspecified atom stereocenters. The van der Waals surface area contributed by atoms with Crippen LogP contribution in [0.15, 0.2) is 22.7 Å². The van der Waals surface area contributed by atoms with Crippen LogP contribution < -0.4 is 10.6 Å². The van der Waals surface area contributed by atoms with Crippen molar-refractivity contribution >= 4 is 17.5 Å². The van der Waals surface area contributed by atoms with Gasteiger partial charge in [-0.05, 0) is 38.8 Å². The highest BCUT2D eigenvalue weighted by Gasteiger charge is 2.10. The van der Waals surface area contributed by atoms with Gasteiger partial charge in [0.25, 0.3) is 0 Å². The summed E-state index contributed by atoms with van der Waals surface area (Å²) >= 11 is 0. The van der Waals surface area contributed by atoms with Crippen LogP contribution in [0.5, 0.6) is 0 Å². The number of aryl methyl sites for hydroxylation is 4. The number of urea groups is 1. The van der Waals surface area contributed by atoms with Crippen LogP contribution in [0.25, 0.3) is 0 Å². The van der Waals surface area contributed by atoms with Gasteiger partial charge >= 0.3 is 6.03 Å². The van der Waals surface area contributed by atoms with Crippen molar-refractivity contribution in [2.24, 2.45) is 0 Å². The topological polar surface area (TPSA) is 67.2 Å². The van der Waals surface area contributed by atoms with Gasteiger partial charge in [-0.25, -0.2) is 4.79 Å². The maximum Gasteiger partial charge on any atom is 0.324 e. The fourth-order valence-corrected chi connectivity index (χ4v) is 2.06.